The minimum absolute atomic E-state index is 0.189. The van der Waals surface area contributed by atoms with Crippen molar-refractivity contribution >= 4 is 0 Å². The standard InChI is InChI=1S/C19H23F3N2O3/c1-26-12-17-16(18(25)13-5-3-2-4-6-13)11-24(23-17)14-7-9-15(10-8-14)27-19(20,21)22/h7-11,13,18,25H,2-6,12H2,1H3. The normalized spacial score (nSPS) is 17.1. The predicted octanol–water partition coefficient (Wildman–Crippen LogP) is 4.53. The first-order valence-corrected chi connectivity index (χ1v) is 8.99. The van der Waals surface area contributed by atoms with Gasteiger partial charge in [-0.1, -0.05) is 19.3 Å². The van der Waals surface area contributed by atoms with Crippen molar-refractivity contribution in [3.8, 4) is 11.4 Å². The fourth-order valence-corrected chi connectivity index (χ4v) is 3.56. The first-order valence-electron chi connectivity index (χ1n) is 8.99. The topological polar surface area (TPSA) is 56.5 Å². The summed E-state index contributed by atoms with van der Waals surface area (Å²) in [6.07, 6.45) is 1.73. The Labute approximate surface area is 155 Å². The number of nitrogens with zero attached hydrogens (tertiary/aromatic N) is 2. The molecule has 0 bridgehead atoms. The number of aliphatic hydroxyl groups is 1. The van der Waals surface area contributed by atoms with Gasteiger partial charge < -0.3 is 14.6 Å². The molecule has 27 heavy (non-hydrogen) atoms. The maximum Gasteiger partial charge on any atom is 0.573 e. The van der Waals surface area contributed by atoms with E-state index in [2.05, 4.69) is 9.84 Å². The van der Waals surface area contributed by atoms with Crippen molar-refractivity contribution in [2.45, 2.75) is 51.2 Å². The van der Waals surface area contributed by atoms with E-state index in [0.717, 1.165) is 25.7 Å². The number of rotatable bonds is 6. The smallest absolute Gasteiger partial charge is 0.406 e. The average Bonchev–Trinajstić information content (AvgIpc) is 3.05. The van der Waals surface area contributed by atoms with Gasteiger partial charge in [0.1, 0.15) is 5.75 Å². The molecule has 8 heteroatoms. The number of halogens is 3. The maximum absolute atomic E-state index is 12.3. The van der Waals surface area contributed by atoms with Crippen molar-refractivity contribution < 1.29 is 27.8 Å². The summed E-state index contributed by atoms with van der Waals surface area (Å²) in [6.45, 7) is 0.251. The molecule has 1 aliphatic rings. The summed E-state index contributed by atoms with van der Waals surface area (Å²) < 4.78 is 47.5. The molecule has 0 aliphatic heterocycles. The molecular weight excluding hydrogens is 361 g/mol. The van der Waals surface area contributed by atoms with Gasteiger partial charge in [0.25, 0.3) is 0 Å². The molecule has 2 aromatic rings. The number of hydrogen-bond acceptors (Lipinski definition) is 4. The zero-order valence-corrected chi connectivity index (χ0v) is 15.1. The van der Waals surface area contributed by atoms with Crippen LogP contribution in [0, 0.1) is 5.92 Å². The Kier molecular flexibility index (Phi) is 6.06. The van der Waals surface area contributed by atoms with E-state index in [1.165, 1.54) is 30.7 Å². The second-order valence-corrected chi connectivity index (χ2v) is 6.79. The number of methoxy groups -OCH3 is 1. The fraction of sp³-hybridized carbons (Fsp3) is 0.526. The average molecular weight is 384 g/mol. The summed E-state index contributed by atoms with van der Waals surface area (Å²) >= 11 is 0. The van der Waals surface area contributed by atoms with Gasteiger partial charge >= 0.3 is 6.36 Å². The molecule has 1 aliphatic carbocycles. The summed E-state index contributed by atoms with van der Waals surface area (Å²) in [7, 11) is 1.55. The van der Waals surface area contributed by atoms with Crippen molar-refractivity contribution in [2.24, 2.45) is 5.92 Å². The van der Waals surface area contributed by atoms with E-state index in [1.807, 2.05) is 0 Å². The molecule has 148 valence electrons. The van der Waals surface area contributed by atoms with Crippen LogP contribution in [0.5, 0.6) is 5.75 Å². The Morgan fingerprint density at radius 1 is 1.19 bits per heavy atom. The van der Waals surface area contributed by atoms with Crippen LogP contribution in [0.2, 0.25) is 0 Å². The van der Waals surface area contributed by atoms with E-state index >= 15 is 0 Å². The summed E-state index contributed by atoms with van der Waals surface area (Å²) in [5, 5.41) is 15.3. The van der Waals surface area contributed by atoms with E-state index in [9.17, 15) is 18.3 Å². The van der Waals surface area contributed by atoms with E-state index in [4.69, 9.17) is 4.74 Å². The fourth-order valence-electron chi connectivity index (χ4n) is 3.56. The molecule has 0 spiro atoms. The Morgan fingerprint density at radius 2 is 1.85 bits per heavy atom. The van der Waals surface area contributed by atoms with Crippen LogP contribution in [0.25, 0.3) is 5.69 Å². The highest BCUT2D eigenvalue weighted by Crippen LogP contribution is 2.36. The molecule has 1 atom stereocenters. The van der Waals surface area contributed by atoms with Crippen molar-refractivity contribution in [1.29, 1.82) is 0 Å². The Bertz CT molecular complexity index is 738. The zero-order valence-electron chi connectivity index (χ0n) is 15.1. The highest BCUT2D eigenvalue weighted by Gasteiger charge is 2.31. The monoisotopic (exact) mass is 384 g/mol. The number of alkyl halides is 3. The number of aromatic nitrogens is 2. The third-order valence-corrected chi connectivity index (χ3v) is 4.85. The van der Waals surface area contributed by atoms with Gasteiger partial charge in [-0.2, -0.15) is 5.10 Å². The molecule has 1 heterocycles. The number of ether oxygens (including phenoxy) is 2. The van der Waals surface area contributed by atoms with Gasteiger partial charge in [0, 0.05) is 18.9 Å². The van der Waals surface area contributed by atoms with Gasteiger partial charge in [0.05, 0.1) is 24.1 Å². The van der Waals surface area contributed by atoms with Crippen molar-refractivity contribution in [1.82, 2.24) is 9.78 Å². The summed E-state index contributed by atoms with van der Waals surface area (Å²) in [6, 6.07) is 5.44. The molecule has 5 nitrogen and oxygen atoms in total. The summed E-state index contributed by atoms with van der Waals surface area (Å²) in [5.74, 6) is -0.104. The number of benzene rings is 1. The van der Waals surface area contributed by atoms with E-state index in [0.29, 0.717) is 16.9 Å². The lowest BCUT2D eigenvalue weighted by Gasteiger charge is -2.26. The molecule has 1 unspecified atom stereocenters. The van der Waals surface area contributed by atoms with Crippen molar-refractivity contribution in [2.75, 3.05) is 7.11 Å². The lowest BCUT2D eigenvalue weighted by molar-refractivity contribution is -0.274. The molecule has 1 N–H and O–H groups in total. The van der Waals surface area contributed by atoms with E-state index < -0.39 is 12.5 Å². The SMILES string of the molecule is COCc1nn(-c2ccc(OC(F)(F)F)cc2)cc1C(O)C1CCCCC1. The lowest BCUT2D eigenvalue weighted by Crippen LogP contribution is -2.17. The van der Waals surface area contributed by atoms with Crippen molar-refractivity contribution in [3.05, 3.63) is 41.7 Å². The molecular formula is C19H23F3N2O3. The zero-order chi connectivity index (χ0) is 19.4. The summed E-state index contributed by atoms with van der Waals surface area (Å²) in [5.41, 5.74) is 1.91. The first kappa shape index (κ1) is 19.7. The van der Waals surface area contributed by atoms with Crippen LogP contribution in [0.1, 0.15) is 49.5 Å². The molecule has 1 saturated carbocycles. The van der Waals surface area contributed by atoms with E-state index in [-0.39, 0.29) is 18.3 Å². The van der Waals surface area contributed by atoms with Gasteiger partial charge in [-0.3, -0.25) is 0 Å². The summed E-state index contributed by atoms with van der Waals surface area (Å²) in [4.78, 5) is 0. The Morgan fingerprint density at radius 3 is 2.44 bits per heavy atom. The third-order valence-electron chi connectivity index (χ3n) is 4.85. The van der Waals surface area contributed by atoms with Crippen LogP contribution in [-0.4, -0.2) is 28.4 Å². The predicted molar refractivity (Wildman–Crippen MR) is 92.5 cm³/mol. The van der Waals surface area contributed by atoms with Crippen LogP contribution in [0.15, 0.2) is 30.5 Å². The highest BCUT2D eigenvalue weighted by atomic mass is 19.4. The molecule has 3 rings (SSSR count). The number of aliphatic hydroxyl groups excluding tert-OH is 1. The second-order valence-electron chi connectivity index (χ2n) is 6.79. The molecule has 1 aromatic heterocycles. The van der Waals surface area contributed by atoms with Crippen LogP contribution in [0.3, 0.4) is 0 Å². The van der Waals surface area contributed by atoms with E-state index in [1.54, 1.807) is 18.0 Å². The maximum atomic E-state index is 12.3. The lowest BCUT2D eigenvalue weighted by atomic mass is 9.83. The van der Waals surface area contributed by atoms with Crippen LogP contribution in [-0.2, 0) is 11.3 Å². The molecule has 1 aromatic carbocycles. The first-order chi connectivity index (χ1) is 12.9. The quantitative estimate of drug-likeness (QED) is 0.795. The number of hydrogen-bond donors (Lipinski definition) is 1. The van der Waals surface area contributed by atoms with Gasteiger partial charge in [-0.25, -0.2) is 4.68 Å². The Balaban J connectivity index is 1.83. The van der Waals surface area contributed by atoms with Crippen LogP contribution >= 0.6 is 0 Å². The molecule has 1 fully saturated rings. The van der Waals surface area contributed by atoms with Crippen molar-refractivity contribution in [3.63, 3.8) is 0 Å². The Hall–Kier alpha value is -2.06. The van der Waals surface area contributed by atoms with Crippen LogP contribution in [0.4, 0.5) is 13.2 Å². The highest BCUT2D eigenvalue weighted by molar-refractivity contribution is 5.38. The van der Waals surface area contributed by atoms with Gasteiger partial charge in [-0.15, -0.1) is 13.2 Å². The minimum atomic E-state index is -4.73. The van der Waals surface area contributed by atoms with Crippen LogP contribution < -0.4 is 4.74 Å². The molecule has 0 saturated heterocycles. The second kappa shape index (κ2) is 8.31. The minimum Gasteiger partial charge on any atom is -0.406 e. The molecule has 0 radical (unpaired) electrons. The largest absolute Gasteiger partial charge is 0.573 e. The van der Waals surface area contributed by atoms with Gasteiger partial charge in [0.2, 0.25) is 0 Å². The molecule has 0 amide bonds. The third kappa shape index (κ3) is 5.01. The van der Waals surface area contributed by atoms with Gasteiger partial charge in [0.15, 0.2) is 0 Å². The van der Waals surface area contributed by atoms with Gasteiger partial charge in [-0.05, 0) is 43.0 Å².